The maximum atomic E-state index is 12.5. The first-order valence-corrected chi connectivity index (χ1v) is 5.44. The number of nitrogens with one attached hydrogen (secondary N) is 1. The lowest BCUT2D eigenvalue weighted by Crippen LogP contribution is -2.51. The zero-order valence-corrected chi connectivity index (χ0v) is 9.83. The van der Waals surface area contributed by atoms with E-state index in [9.17, 15) is 26.3 Å². The van der Waals surface area contributed by atoms with E-state index in [-0.39, 0.29) is 19.4 Å². The van der Waals surface area contributed by atoms with Crippen LogP contribution in [0, 0.1) is 18.3 Å². The fourth-order valence-corrected chi connectivity index (χ4v) is 1.60. The molecule has 0 spiro atoms. The quantitative estimate of drug-likeness (QED) is 0.578. The van der Waals surface area contributed by atoms with Crippen LogP contribution in [0.4, 0.5) is 26.3 Å². The van der Waals surface area contributed by atoms with Gasteiger partial charge in [-0.1, -0.05) is 6.92 Å². The minimum atomic E-state index is -5.34. The van der Waals surface area contributed by atoms with E-state index in [1.165, 1.54) is 0 Å². The minimum absolute atomic E-state index is 0.0812. The number of hydrogen-bond donors (Lipinski definition) is 1. The van der Waals surface area contributed by atoms with Gasteiger partial charge in [0.05, 0.1) is 0 Å². The molecular weight excluding hydrogens is 260 g/mol. The molecule has 0 bridgehead atoms. The maximum Gasteiger partial charge on any atom is 0.401 e. The summed E-state index contributed by atoms with van der Waals surface area (Å²) in [5.74, 6) is -1.33. The van der Waals surface area contributed by atoms with Crippen molar-refractivity contribution in [1.29, 1.82) is 0 Å². The molecule has 0 aliphatic heterocycles. The Labute approximate surface area is 102 Å². The summed E-state index contributed by atoms with van der Waals surface area (Å²) in [5.41, 5.74) is 0. The molecule has 7 heteroatoms. The van der Waals surface area contributed by atoms with Gasteiger partial charge in [-0.15, -0.1) is 12.3 Å². The Kier molecular flexibility index (Phi) is 6.54. The second-order valence-corrected chi connectivity index (χ2v) is 3.86. The smallest absolute Gasteiger partial charge is 0.313 e. The highest BCUT2D eigenvalue weighted by molar-refractivity contribution is 4.92. The van der Waals surface area contributed by atoms with Crippen LogP contribution < -0.4 is 5.32 Å². The van der Waals surface area contributed by atoms with Crippen molar-refractivity contribution in [3.8, 4) is 12.3 Å². The Morgan fingerprint density at radius 2 is 1.61 bits per heavy atom. The molecule has 0 aromatic heterocycles. The van der Waals surface area contributed by atoms with Crippen molar-refractivity contribution in [2.24, 2.45) is 5.92 Å². The predicted octanol–water partition coefficient (Wildman–Crippen LogP) is 3.51. The summed E-state index contributed by atoms with van der Waals surface area (Å²) < 4.78 is 75.1. The molecule has 0 amide bonds. The first-order chi connectivity index (χ1) is 8.14. The number of terminal acetylenes is 1. The molecule has 0 heterocycles. The van der Waals surface area contributed by atoms with Gasteiger partial charge in [-0.3, -0.25) is 0 Å². The standard InChI is InChI=1S/C11H15F6N/c1-3-5-6-8(18-7-4-2)9(10(12,13)14)11(15,16)17/h1,8-9,18H,4-7H2,2H3. The molecule has 106 valence electrons. The third-order valence-electron chi connectivity index (χ3n) is 2.36. The third kappa shape index (κ3) is 5.63. The lowest BCUT2D eigenvalue weighted by atomic mass is 9.94. The van der Waals surface area contributed by atoms with Gasteiger partial charge in [-0.05, 0) is 19.4 Å². The van der Waals surface area contributed by atoms with Gasteiger partial charge in [0, 0.05) is 12.5 Å². The van der Waals surface area contributed by atoms with E-state index in [0.717, 1.165) is 0 Å². The van der Waals surface area contributed by atoms with Crippen LogP contribution in [-0.4, -0.2) is 24.9 Å². The monoisotopic (exact) mass is 275 g/mol. The summed E-state index contributed by atoms with van der Waals surface area (Å²) in [6.45, 7) is 1.74. The molecule has 0 aromatic rings. The fourth-order valence-electron chi connectivity index (χ4n) is 1.60. The summed E-state index contributed by atoms with van der Waals surface area (Å²) in [4.78, 5) is 0. The number of hydrogen-bond acceptors (Lipinski definition) is 1. The Morgan fingerprint density at radius 1 is 1.11 bits per heavy atom. The average Bonchev–Trinajstić information content (AvgIpc) is 2.17. The van der Waals surface area contributed by atoms with Crippen LogP contribution in [0.25, 0.3) is 0 Å². The number of rotatable bonds is 6. The van der Waals surface area contributed by atoms with Gasteiger partial charge >= 0.3 is 12.4 Å². The van der Waals surface area contributed by atoms with Crippen LogP contribution in [0.1, 0.15) is 26.2 Å². The van der Waals surface area contributed by atoms with Crippen molar-refractivity contribution in [2.75, 3.05) is 6.54 Å². The van der Waals surface area contributed by atoms with E-state index in [4.69, 9.17) is 6.42 Å². The van der Waals surface area contributed by atoms with Crippen LogP contribution in [0.3, 0.4) is 0 Å². The van der Waals surface area contributed by atoms with E-state index in [2.05, 4.69) is 11.2 Å². The van der Waals surface area contributed by atoms with Crippen molar-refractivity contribution in [1.82, 2.24) is 5.32 Å². The minimum Gasteiger partial charge on any atom is -0.313 e. The SMILES string of the molecule is C#CCCC(NCCC)C(C(F)(F)F)C(F)(F)F. The van der Waals surface area contributed by atoms with Gasteiger partial charge in [0.2, 0.25) is 0 Å². The number of alkyl halides is 6. The molecule has 0 rings (SSSR count). The van der Waals surface area contributed by atoms with E-state index < -0.39 is 24.3 Å². The Hall–Kier alpha value is -0.900. The van der Waals surface area contributed by atoms with Gasteiger partial charge in [0.15, 0.2) is 5.92 Å². The first-order valence-electron chi connectivity index (χ1n) is 5.44. The molecular formula is C11H15F6N. The molecule has 1 atom stereocenters. The van der Waals surface area contributed by atoms with Gasteiger partial charge < -0.3 is 5.32 Å². The molecule has 0 fully saturated rings. The van der Waals surface area contributed by atoms with Gasteiger partial charge in [0.25, 0.3) is 0 Å². The number of halogens is 6. The lowest BCUT2D eigenvalue weighted by Gasteiger charge is -2.31. The molecule has 1 N–H and O–H groups in total. The average molecular weight is 275 g/mol. The van der Waals surface area contributed by atoms with Crippen LogP contribution in [0.2, 0.25) is 0 Å². The van der Waals surface area contributed by atoms with Crippen LogP contribution in [0.5, 0.6) is 0 Å². The van der Waals surface area contributed by atoms with Crippen molar-refractivity contribution in [3.05, 3.63) is 0 Å². The van der Waals surface area contributed by atoms with E-state index in [1.807, 2.05) is 0 Å². The van der Waals surface area contributed by atoms with E-state index >= 15 is 0 Å². The third-order valence-corrected chi connectivity index (χ3v) is 2.36. The zero-order chi connectivity index (χ0) is 14.4. The van der Waals surface area contributed by atoms with Crippen molar-refractivity contribution in [2.45, 2.75) is 44.6 Å². The fraction of sp³-hybridized carbons (Fsp3) is 0.818. The predicted molar refractivity (Wildman–Crippen MR) is 55.7 cm³/mol. The molecule has 0 aliphatic carbocycles. The summed E-state index contributed by atoms with van der Waals surface area (Å²) in [5, 5.41) is 2.28. The molecule has 18 heavy (non-hydrogen) atoms. The second kappa shape index (κ2) is 6.88. The maximum absolute atomic E-state index is 12.5. The highest BCUT2D eigenvalue weighted by Gasteiger charge is 2.59. The molecule has 1 unspecified atom stereocenters. The molecule has 1 nitrogen and oxygen atoms in total. The van der Waals surface area contributed by atoms with E-state index in [1.54, 1.807) is 6.92 Å². The largest absolute Gasteiger partial charge is 0.401 e. The molecule has 0 aliphatic rings. The summed E-state index contributed by atoms with van der Waals surface area (Å²) in [6.07, 6.45) is -5.84. The zero-order valence-electron chi connectivity index (χ0n) is 9.83. The van der Waals surface area contributed by atoms with Crippen LogP contribution in [-0.2, 0) is 0 Å². The second-order valence-electron chi connectivity index (χ2n) is 3.86. The lowest BCUT2D eigenvalue weighted by molar-refractivity contribution is -0.292. The van der Waals surface area contributed by atoms with E-state index in [0.29, 0.717) is 6.42 Å². The highest BCUT2D eigenvalue weighted by atomic mass is 19.4. The molecule has 0 saturated carbocycles. The highest BCUT2D eigenvalue weighted by Crippen LogP contribution is 2.42. The molecule has 0 radical (unpaired) electrons. The first kappa shape index (κ1) is 17.1. The van der Waals surface area contributed by atoms with Crippen LogP contribution >= 0.6 is 0 Å². The Morgan fingerprint density at radius 3 is 1.94 bits per heavy atom. The topological polar surface area (TPSA) is 12.0 Å². The molecule has 0 saturated heterocycles. The summed E-state index contributed by atoms with van der Waals surface area (Å²) in [7, 11) is 0. The summed E-state index contributed by atoms with van der Waals surface area (Å²) >= 11 is 0. The Balaban J connectivity index is 5.02. The van der Waals surface area contributed by atoms with Gasteiger partial charge in [-0.25, -0.2) is 0 Å². The Bertz CT molecular complexity index is 261. The van der Waals surface area contributed by atoms with Crippen molar-refractivity contribution in [3.63, 3.8) is 0 Å². The molecule has 0 aromatic carbocycles. The normalized spacial score (nSPS) is 14.6. The van der Waals surface area contributed by atoms with Crippen molar-refractivity contribution < 1.29 is 26.3 Å². The van der Waals surface area contributed by atoms with Crippen molar-refractivity contribution >= 4 is 0 Å². The summed E-state index contributed by atoms with van der Waals surface area (Å²) in [6, 6.07) is -1.74. The van der Waals surface area contributed by atoms with Gasteiger partial charge in [0.1, 0.15) is 0 Å². The van der Waals surface area contributed by atoms with Crippen LogP contribution in [0.15, 0.2) is 0 Å². The van der Waals surface area contributed by atoms with Gasteiger partial charge in [-0.2, -0.15) is 26.3 Å².